The number of anilines is 1. The zero-order chi connectivity index (χ0) is 15.0. The molecule has 0 unspecified atom stereocenters. The number of nitrogen functional groups attached to an aromatic ring is 1. The number of benzene rings is 2. The van der Waals surface area contributed by atoms with Crippen LogP contribution in [0, 0.1) is 3.57 Å². The summed E-state index contributed by atoms with van der Waals surface area (Å²) < 4.78 is 3.90. The first kappa shape index (κ1) is 14.6. The minimum atomic E-state index is 0.673. The van der Waals surface area contributed by atoms with Crippen LogP contribution in [0.3, 0.4) is 0 Å². The lowest BCUT2D eigenvalue weighted by atomic mass is 10.0. The molecule has 21 heavy (non-hydrogen) atoms. The molecule has 0 aliphatic carbocycles. The zero-order valence-corrected chi connectivity index (χ0v) is 15.1. The molecule has 0 atom stereocenters. The summed E-state index contributed by atoms with van der Waals surface area (Å²) in [5, 5.41) is 4.62. The molecule has 3 nitrogen and oxygen atoms in total. The Morgan fingerprint density at radius 3 is 2.57 bits per heavy atom. The van der Waals surface area contributed by atoms with Crippen molar-refractivity contribution in [1.82, 2.24) is 9.78 Å². The number of hydrogen-bond donors (Lipinski definition) is 1. The van der Waals surface area contributed by atoms with Crippen molar-refractivity contribution >= 4 is 44.3 Å². The predicted octanol–water partition coefficient (Wildman–Crippen LogP) is 4.70. The number of halogens is 2. The maximum absolute atomic E-state index is 6.25. The third-order valence-electron chi connectivity index (χ3n) is 3.34. The summed E-state index contributed by atoms with van der Waals surface area (Å²) in [6.07, 6.45) is 0. The van der Waals surface area contributed by atoms with Gasteiger partial charge in [-0.2, -0.15) is 5.10 Å². The number of hydrogen-bond acceptors (Lipinski definition) is 2. The second-order valence-corrected chi connectivity index (χ2v) is 6.80. The molecular formula is C16H13BrIN3. The minimum Gasteiger partial charge on any atom is -0.383 e. The van der Waals surface area contributed by atoms with Crippen molar-refractivity contribution in [2.75, 3.05) is 5.73 Å². The Balaban J connectivity index is 2.29. The van der Waals surface area contributed by atoms with Gasteiger partial charge in [-0.15, -0.1) is 0 Å². The van der Waals surface area contributed by atoms with Gasteiger partial charge >= 0.3 is 0 Å². The fourth-order valence-electron chi connectivity index (χ4n) is 2.29. The van der Waals surface area contributed by atoms with Crippen LogP contribution in [0.4, 0.5) is 5.82 Å². The standard InChI is InChI=1S/C16H13BrIN3/c1-21-16(19)14(10-5-3-2-4-6-10)15(20-21)12-9-11(17)7-8-13(12)18/h2-9H,19H2,1H3. The van der Waals surface area contributed by atoms with Gasteiger partial charge < -0.3 is 5.73 Å². The van der Waals surface area contributed by atoms with Crippen LogP contribution in [-0.4, -0.2) is 9.78 Å². The van der Waals surface area contributed by atoms with Crippen LogP contribution in [-0.2, 0) is 7.05 Å². The van der Waals surface area contributed by atoms with Crippen LogP contribution in [0.5, 0.6) is 0 Å². The molecule has 3 rings (SSSR count). The molecule has 2 aromatic carbocycles. The summed E-state index contributed by atoms with van der Waals surface area (Å²) in [4.78, 5) is 0. The topological polar surface area (TPSA) is 43.8 Å². The van der Waals surface area contributed by atoms with Crippen molar-refractivity contribution in [3.05, 3.63) is 56.6 Å². The molecule has 106 valence electrons. The summed E-state index contributed by atoms with van der Waals surface area (Å²) in [6, 6.07) is 16.3. The van der Waals surface area contributed by atoms with E-state index in [-0.39, 0.29) is 0 Å². The lowest BCUT2D eigenvalue weighted by molar-refractivity contribution is 0.782. The largest absolute Gasteiger partial charge is 0.383 e. The molecule has 0 amide bonds. The molecule has 0 spiro atoms. The molecule has 0 bridgehead atoms. The third-order valence-corrected chi connectivity index (χ3v) is 4.77. The van der Waals surface area contributed by atoms with Gasteiger partial charge in [-0.3, -0.25) is 4.68 Å². The summed E-state index contributed by atoms with van der Waals surface area (Å²) in [7, 11) is 1.87. The predicted molar refractivity (Wildman–Crippen MR) is 98.9 cm³/mol. The van der Waals surface area contributed by atoms with E-state index in [4.69, 9.17) is 5.73 Å². The minimum absolute atomic E-state index is 0.673. The van der Waals surface area contributed by atoms with Gasteiger partial charge in [-0.1, -0.05) is 46.3 Å². The Kier molecular flexibility index (Phi) is 4.03. The Hall–Kier alpha value is -1.34. The maximum atomic E-state index is 6.25. The summed E-state index contributed by atoms with van der Waals surface area (Å²) in [5.41, 5.74) is 10.3. The SMILES string of the molecule is Cn1nc(-c2cc(Br)ccc2I)c(-c2ccccc2)c1N. The molecular weight excluding hydrogens is 441 g/mol. The molecule has 5 heteroatoms. The Bertz CT molecular complexity index is 797. The van der Waals surface area contributed by atoms with Crippen molar-refractivity contribution in [3.63, 3.8) is 0 Å². The highest BCUT2D eigenvalue weighted by atomic mass is 127. The zero-order valence-electron chi connectivity index (χ0n) is 11.3. The quantitative estimate of drug-likeness (QED) is 0.571. The molecule has 0 aliphatic heterocycles. The fraction of sp³-hybridized carbons (Fsp3) is 0.0625. The lowest BCUT2D eigenvalue weighted by Crippen LogP contribution is -1.97. The van der Waals surface area contributed by atoms with Crippen LogP contribution in [0.25, 0.3) is 22.4 Å². The smallest absolute Gasteiger partial charge is 0.129 e. The highest BCUT2D eigenvalue weighted by molar-refractivity contribution is 14.1. The van der Waals surface area contributed by atoms with Crippen LogP contribution in [0.15, 0.2) is 53.0 Å². The van der Waals surface area contributed by atoms with E-state index in [2.05, 4.69) is 67.9 Å². The highest BCUT2D eigenvalue weighted by Gasteiger charge is 2.19. The first-order valence-electron chi connectivity index (χ1n) is 6.41. The van der Waals surface area contributed by atoms with Crippen molar-refractivity contribution in [2.24, 2.45) is 7.05 Å². The van der Waals surface area contributed by atoms with Crippen LogP contribution < -0.4 is 5.73 Å². The van der Waals surface area contributed by atoms with E-state index in [1.165, 1.54) is 0 Å². The van der Waals surface area contributed by atoms with Gasteiger partial charge in [-0.05, 0) is 46.4 Å². The van der Waals surface area contributed by atoms with E-state index in [1.54, 1.807) is 4.68 Å². The van der Waals surface area contributed by atoms with Gasteiger partial charge in [0.15, 0.2) is 0 Å². The van der Waals surface area contributed by atoms with Crippen molar-refractivity contribution in [1.29, 1.82) is 0 Å². The van der Waals surface area contributed by atoms with Crippen molar-refractivity contribution < 1.29 is 0 Å². The monoisotopic (exact) mass is 453 g/mol. The van der Waals surface area contributed by atoms with Crippen LogP contribution in [0.1, 0.15) is 0 Å². The van der Waals surface area contributed by atoms with Crippen molar-refractivity contribution in [2.45, 2.75) is 0 Å². The van der Waals surface area contributed by atoms with E-state index in [0.717, 1.165) is 30.4 Å². The first-order chi connectivity index (χ1) is 10.1. The fourth-order valence-corrected chi connectivity index (χ4v) is 3.25. The third kappa shape index (κ3) is 2.72. The average Bonchev–Trinajstić information content (AvgIpc) is 2.78. The van der Waals surface area contributed by atoms with Crippen molar-refractivity contribution in [3.8, 4) is 22.4 Å². The highest BCUT2D eigenvalue weighted by Crippen LogP contribution is 2.38. The van der Waals surface area contributed by atoms with Gasteiger partial charge in [0.1, 0.15) is 11.5 Å². The molecule has 0 fully saturated rings. The van der Waals surface area contributed by atoms with Gasteiger partial charge in [0, 0.05) is 20.7 Å². The average molecular weight is 454 g/mol. The normalized spacial score (nSPS) is 10.8. The van der Waals surface area contributed by atoms with E-state index >= 15 is 0 Å². The first-order valence-corrected chi connectivity index (χ1v) is 8.28. The van der Waals surface area contributed by atoms with Crippen LogP contribution in [0.2, 0.25) is 0 Å². The van der Waals surface area contributed by atoms with E-state index in [9.17, 15) is 0 Å². The maximum Gasteiger partial charge on any atom is 0.129 e. The summed E-state index contributed by atoms with van der Waals surface area (Å²) >= 11 is 5.86. The van der Waals surface area contributed by atoms with E-state index in [0.29, 0.717) is 5.82 Å². The van der Waals surface area contributed by atoms with E-state index in [1.807, 2.05) is 31.3 Å². The van der Waals surface area contributed by atoms with E-state index < -0.39 is 0 Å². The Labute approximate surface area is 145 Å². The molecule has 0 aliphatic rings. The lowest BCUT2D eigenvalue weighted by Gasteiger charge is -2.07. The van der Waals surface area contributed by atoms with Gasteiger partial charge in [0.2, 0.25) is 0 Å². The number of aromatic nitrogens is 2. The second-order valence-electron chi connectivity index (χ2n) is 4.72. The second kappa shape index (κ2) is 5.81. The van der Waals surface area contributed by atoms with Gasteiger partial charge in [0.25, 0.3) is 0 Å². The molecule has 1 heterocycles. The van der Waals surface area contributed by atoms with Crippen LogP contribution >= 0.6 is 38.5 Å². The molecule has 3 aromatic rings. The van der Waals surface area contributed by atoms with Gasteiger partial charge in [-0.25, -0.2) is 0 Å². The summed E-state index contributed by atoms with van der Waals surface area (Å²) in [6.45, 7) is 0. The molecule has 2 N–H and O–H groups in total. The Morgan fingerprint density at radius 2 is 1.86 bits per heavy atom. The molecule has 1 aromatic heterocycles. The Morgan fingerprint density at radius 1 is 1.14 bits per heavy atom. The molecule has 0 saturated heterocycles. The van der Waals surface area contributed by atoms with Gasteiger partial charge in [0.05, 0.1) is 5.56 Å². The molecule has 0 radical (unpaired) electrons. The number of aryl methyl sites for hydroxylation is 1. The summed E-state index contributed by atoms with van der Waals surface area (Å²) in [5.74, 6) is 0.673. The number of nitrogens with two attached hydrogens (primary N) is 1. The number of nitrogens with zero attached hydrogens (tertiary/aromatic N) is 2. The molecule has 0 saturated carbocycles. The number of rotatable bonds is 2.